The van der Waals surface area contributed by atoms with Crippen LogP contribution in [0.25, 0.3) is 0 Å². The molecule has 0 radical (unpaired) electrons. The molecule has 0 bridgehead atoms. The molecule has 4 heteroatoms. The van der Waals surface area contributed by atoms with Gasteiger partial charge in [0.2, 0.25) is 5.76 Å². The van der Waals surface area contributed by atoms with Crippen LogP contribution < -0.4 is 4.74 Å². The van der Waals surface area contributed by atoms with Gasteiger partial charge in [0, 0.05) is 5.02 Å². The Bertz CT molecular complexity index is 316. The number of benzene rings is 1. The van der Waals surface area contributed by atoms with Crippen molar-refractivity contribution in [3.63, 3.8) is 0 Å². The van der Waals surface area contributed by atoms with Gasteiger partial charge in [0.05, 0.1) is 0 Å². The molecule has 0 aliphatic rings. The molecule has 1 aromatic carbocycles. The molecule has 1 N–H and O–H groups in total. The third-order valence-corrected chi connectivity index (χ3v) is 1.54. The summed E-state index contributed by atoms with van der Waals surface area (Å²) in [6, 6.07) is 6.43. The lowest BCUT2D eigenvalue weighted by Gasteiger charge is -2.02. The summed E-state index contributed by atoms with van der Waals surface area (Å²) < 4.78 is 4.95. The highest BCUT2D eigenvalue weighted by Crippen LogP contribution is 2.16. The number of aliphatic hydroxyl groups excluding tert-OH is 1. The summed E-state index contributed by atoms with van der Waals surface area (Å²) in [4.78, 5) is 10.2. The van der Waals surface area contributed by atoms with Crippen molar-refractivity contribution in [2.75, 3.05) is 0 Å². The van der Waals surface area contributed by atoms with Gasteiger partial charge in [-0.2, -0.15) is 0 Å². The lowest BCUT2D eigenvalue weighted by atomic mass is 10.3. The van der Waals surface area contributed by atoms with E-state index in [4.69, 9.17) is 21.4 Å². The van der Waals surface area contributed by atoms with Crippen LogP contribution in [-0.4, -0.2) is 11.4 Å². The average Bonchev–Trinajstić information content (AvgIpc) is 2.17. The van der Waals surface area contributed by atoms with E-state index in [1.165, 1.54) is 0 Å². The fourth-order valence-corrected chi connectivity index (χ4v) is 0.846. The molecule has 68 valence electrons. The first-order chi connectivity index (χ1) is 6.26. The van der Waals surface area contributed by atoms with Crippen LogP contribution in [0, 0.1) is 0 Å². The minimum atomic E-state index is -0.151. The van der Waals surface area contributed by atoms with E-state index >= 15 is 0 Å². The van der Waals surface area contributed by atoms with Gasteiger partial charge < -0.3 is 9.84 Å². The molecular weight excluding hydrogens is 192 g/mol. The second kappa shape index (κ2) is 4.52. The van der Waals surface area contributed by atoms with Gasteiger partial charge in [0.1, 0.15) is 12.0 Å². The van der Waals surface area contributed by atoms with Gasteiger partial charge in [0.25, 0.3) is 0 Å². The zero-order valence-electron chi connectivity index (χ0n) is 6.61. The lowest BCUT2D eigenvalue weighted by Crippen LogP contribution is -1.95. The summed E-state index contributed by atoms with van der Waals surface area (Å²) in [5.41, 5.74) is 0. The van der Waals surface area contributed by atoms with Crippen LogP contribution in [0.15, 0.2) is 36.3 Å². The second-order valence-corrected chi connectivity index (χ2v) is 2.64. The van der Waals surface area contributed by atoms with Crippen LogP contribution in [0.2, 0.25) is 5.02 Å². The number of allylic oxidation sites excluding steroid dienone is 1. The van der Waals surface area contributed by atoms with Crippen molar-refractivity contribution >= 4 is 17.9 Å². The first-order valence-corrected chi connectivity index (χ1v) is 3.87. The third-order valence-electron chi connectivity index (χ3n) is 1.29. The number of carbonyl (C=O) groups excluding carboxylic acids is 1. The molecule has 0 aliphatic carbocycles. The monoisotopic (exact) mass is 198 g/mol. The molecule has 13 heavy (non-hydrogen) atoms. The van der Waals surface area contributed by atoms with E-state index in [1.807, 2.05) is 0 Å². The smallest absolute Gasteiger partial charge is 0.201 e. The Kier molecular flexibility index (Phi) is 3.34. The Morgan fingerprint density at radius 3 is 2.46 bits per heavy atom. The molecule has 0 saturated carbocycles. The molecule has 0 fully saturated rings. The summed E-state index contributed by atoms with van der Waals surface area (Å²) >= 11 is 5.63. The molecule has 3 nitrogen and oxygen atoms in total. The lowest BCUT2D eigenvalue weighted by molar-refractivity contribution is -0.106. The van der Waals surface area contributed by atoms with Crippen LogP contribution in [0.3, 0.4) is 0 Å². The fraction of sp³-hybridized carbons (Fsp3) is 0. The normalized spacial score (nSPS) is 11.0. The topological polar surface area (TPSA) is 46.5 Å². The molecule has 1 rings (SSSR count). The Balaban J connectivity index is 2.74. The highest BCUT2D eigenvalue weighted by molar-refractivity contribution is 6.30. The molecular formula is C9H7ClO3. The number of halogens is 1. The highest BCUT2D eigenvalue weighted by Gasteiger charge is 1.98. The van der Waals surface area contributed by atoms with E-state index in [1.54, 1.807) is 24.3 Å². The van der Waals surface area contributed by atoms with E-state index < -0.39 is 0 Å². The van der Waals surface area contributed by atoms with Crippen LogP contribution in [0.4, 0.5) is 0 Å². The zero-order chi connectivity index (χ0) is 9.68. The van der Waals surface area contributed by atoms with Gasteiger partial charge >= 0.3 is 0 Å². The van der Waals surface area contributed by atoms with Gasteiger partial charge in [-0.3, -0.25) is 4.79 Å². The standard InChI is InChI=1S/C9H7ClO3/c10-7-1-3-8(4-2-7)13-9(5-11)6-12/h1-6,11H/b9-5+. The molecule has 0 saturated heterocycles. The van der Waals surface area contributed by atoms with Gasteiger partial charge in [-0.05, 0) is 24.3 Å². The number of carbonyl (C=O) groups is 1. The van der Waals surface area contributed by atoms with E-state index in [9.17, 15) is 4.79 Å². The van der Waals surface area contributed by atoms with Crippen molar-refractivity contribution < 1.29 is 14.6 Å². The molecule has 0 aromatic heterocycles. The molecule has 0 heterocycles. The number of ether oxygens (including phenoxy) is 1. The molecule has 1 aromatic rings. The predicted octanol–water partition coefficient (Wildman–Crippen LogP) is 2.32. The Morgan fingerprint density at radius 2 is 2.00 bits per heavy atom. The van der Waals surface area contributed by atoms with E-state index in [2.05, 4.69) is 0 Å². The van der Waals surface area contributed by atoms with Crippen molar-refractivity contribution in [1.29, 1.82) is 0 Å². The quantitative estimate of drug-likeness (QED) is 0.461. The maximum atomic E-state index is 10.2. The summed E-state index contributed by atoms with van der Waals surface area (Å²) in [5.74, 6) is 0.291. The number of hydrogen-bond acceptors (Lipinski definition) is 3. The minimum Gasteiger partial charge on any atom is -0.512 e. The number of rotatable bonds is 3. The van der Waals surface area contributed by atoms with Crippen LogP contribution in [0.1, 0.15) is 0 Å². The van der Waals surface area contributed by atoms with Crippen molar-refractivity contribution in [3.8, 4) is 5.75 Å². The van der Waals surface area contributed by atoms with E-state index in [0.717, 1.165) is 0 Å². The number of aldehydes is 1. The van der Waals surface area contributed by atoms with E-state index in [0.29, 0.717) is 23.3 Å². The SMILES string of the molecule is O=C/C(=C\O)Oc1ccc(Cl)cc1. The number of hydrogen-bond donors (Lipinski definition) is 1. The predicted molar refractivity (Wildman–Crippen MR) is 48.9 cm³/mol. The second-order valence-electron chi connectivity index (χ2n) is 2.21. The van der Waals surface area contributed by atoms with Crippen LogP contribution >= 0.6 is 11.6 Å². The Labute approximate surface area is 80.2 Å². The van der Waals surface area contributed by atoms with Crippen LogP contribution in [0.5, 0.6) is 5.75 Å². The maximum absolute atomic E-state index is 10.2. The summed E-state index contributed by atoms with van der Waals surface area (Å²) in [6.45, 7) is 0. The van der Waals surface area contributed by atoms with Crippen molar-refractivity contribution in [2.24, 2.45) is 0 Å². The van der Waals surface area contributed by atoms with Gasteiger partial charge in [-0.1, -0.05) is 11.6 Å². The summed E-state index contributed by atoms with van der Waals surface area (Å²) in [7, 11) is 0. The summed E-state index contributed by atoms with van der Waals surface area (Å²) in [5, 5.41) is 9.07. The van der Waals surface area contributed by atoms with Gasteiger partial charge in [-0.15, -0.1) is 0 Å². The Hall–Kier alpha value is -1.48. The van der Waals surface area contributed by atoms with E-state index in [-0.39, 0.29) is 5.76 Å². The van der Waals surface area contributed by atoms with Crippen LogP contribution in [-0.2, 0) is 4.79 Å². The van der Waals surface area contributed by atoms with Gasteiger partial charge in [-0.25, -0.2) is 0 Å². The zero-order valence-corrected chi connectivity index (χ0v) is 7.36. The Morgan fingerprint density at radius 1 is 1.38 bits per heavy atom. The molecule has 0 aliphatic heterocycles. The largest absolute Gasteiger partial charge is 0.512 e. The van der Waals surface area contributed by atoms with Crippen molar-refractivity contribution in [3.05, 3.63) is 41.3 Å². The van der Waals surface area contributed by atoms with Gasteiger partial charge in [0.15, 0.2) is 6.29 Å². The first kappa shape index (κ1) is 9.61. The molecule has 0 atom stereocenters. The average molecular weight is 199 g/mol. The molecule has 0 amide bonds. The third kappa shape index (κ3) is 2.80. The summed E-state index contributed by atoms with van der Waals surface area (Å²) in [6.07, 6.45) is 1.01. The van der Waals surface area contributed by atoms with Crippen molar-refractivity contribution in [2.45, 2.75) is 0 Å². The molecule has 0 spiro atoms. The fourth-order valence-electron chi connectivity index (χ4n) is 0.720. The minimum absolute atomic E-state index is 0.151. The highest BCUT2D eigenvalue weighted by atomic mass is 35.5. The maximum Gasteiger partial charge on any atom is 0.201 e. The molecule has 0 unspecified atom stereocenters. The van der Waals surface area contributed by atoms with Crippen molar-refractivity contribution in [1.82, 2.24) is 0 Å². The number of aliphatic hydroxyl groups is 1. The first-order valence-electron chi connectivity index (χ1n) is 3.49.